The van der Waals surface area contributed by atoms with Gasteiger partial charge >= 0.3 is 0 Å². The van der Waals surface area contributed by atoms with Crippen molar-refractivity contribution in [3.8, 4) is 0 Å². The van der Waals surface area contributed by atoms with Crippen molar-refractivity contribution >= 4 is 29.9 Å². The first-order valence-corrected chi connectivity index (χ1v) is 8.73. The van der Waals surface area contributed by atoms with E-state index in [0.717, 1.165) is 83.5 Å². The molecule has 0 aromatic carbocycles. The quantitative estimate of drug-likeness (QED) is 0.261. The maximum absolute atomic E-state index is 5.37. The van der Waals surface area contributed by atoms with E-state index < -0.39 is 0 Å². The molecule has 0 amide bonds. The van der Waals surface area contributed by atoms with Gasteiger partial charge in [-0.2, -0.15) is 0 Å². The summed E-state index contributed by atoms with van der Waals surface area (Å²) in [5.41, 5.74) is 0. The summed E-state index contributed by atoms with van der Waals surface area (Å²) in [6.07, 6.45) is 4.75. The van der Waals surface area contributed by atoms with Gasteiger partial charge in [0.1, 0.15) is 5.76 Å². The normalized spacial score (nSPS) is 15.8. The summed E-state index contributed by atoms with van der Waals surface area (Å²) in [6, 6.07) is 3.92. The highest BCUT2D eigenvalue weighted by Gasteiger charge is 2.09. The highest BCUT2D eigenvalue weighted by atomic mass is 127. The molecule has 2 rings (SSSR count). The number of rotatable bonds is 9. The van der Waals surface area contributed by atoms with Gasteiger partial charge in [-0.1, -0.05) is 6.92 Å². The zero-order chi connectivity index (χ0) is 16.2. The number of halogens is 1. The first-order chi connectivity index (χ1) is 11.4. The Bertz CT molecular complexity index is 434. The summed E-state index contributed by atoms with van der Waals surface area (Å²) >= 11 is 0. The largest absolute Gasteiger partial charge is 0.469 e. The van der Waals surface area contributed by atoms with E-state index in [1.807, 2.05) is 12.1 Å². The van der Waals surface area contributed by atoms with Crippen molar-refractivity contribution < 1.29 is 9.15 Å². The van der Waals surface area contributed by atoms with E-state index in [2.05, 4.69) is 27.4 Å². The molecule has 0 atom stereocenters. The lowest BCUT2D eigenvalue weighted by Crippen LogP contribution is -2.41. The van der Waals surface area contributed by atoms with Gasteiger partial charge in [0, 0.05) is 39.1 Å². The van der Waals surface area contributed by atoms with Crippen molar-refractivity contribution in [3.05, 3.63) is 24.2 Å². The fourth-order valence-electron chi connectivity index (χ4n) is 2.49. The second kappa shape index (κ2) is 13.5. The van der Waals surface area contributed by atoms with Crippen LogP contribution in [0.25, 0.3) is 0 Å². The van der Waals surface area contributed by atoms with Crippen LogP contribution in [0.4, 0.5) is 0 Å². The van der Waals surface area contributed by atoms with Crippen molar-refractivity contribution in [2.24, 2.45) is 4.99 Å². The Labute approximate surface area is 162 Å². The van der Waals surface area contributed by atoms with Crippen LogP contribution in [-0.2, 0) is 11.2 Å². The zero-order valence-corrected chi connectivity index (χ0v) is 17.0. The zero-order valence-electron chi connectivity index (χ0n) is 14.6. The number of hydrogen-bond acceptors (Lipinski definition) is 4. The lowest BCUT2D eigenvalue weighted by Gasteiger charge is -2.26. The van der Waals surface area contributed by atoms with Crippen molar-refractivity contribution in [1.82, 2.24) is 15.5 Å². The van der Waals surface area contributed by atoms with Crippen LogP contribution in [0.5, 0.6) is 0 Å². The van der Waals surface area contributed by atoms with E-state index in [4.69, 9.17) is 9.15 Å². The third-order valence-electron chi connectivity index (χ3n) is 3.78. The van der Waals surface area contributed by atoms with Crippen LogP contribution >= 0.6 is 24.0 Å². The topological polar surface area (TPSA) is 62.0 Å². The number of hydrogen-bond donors (Lipinski definition) is 2. The summed E-state index contributed by atoms with van der Waals surface area (Å²) in [7, 11) is 0. The molecule has 1 aromatic rings. The molecule has 1 fully saturated rings. The van der Waals surface area contributed by atoms with E-state index >= 15 is 0 Å². The third-order valence-corrected chi connectivity index (χ3v) is 3.78. The monoisotopic (exact) mass is 450 g/mol. The molecule has 6 nitrogen and oxygen atoms in total. The van der Waals surface area contributed by atoms with E-state index in [0.29, 0.717) is 0 Å². The molecular formula is C17H31IN4O2. The minimum Gasteiger partial charge on any atom is -0.469 e. The van der Waals surface area contributed by atoms with Gasteiger partial charge < -0.3 is 19.8 Å². The number of morpholine rings is 1. The smallest absolute Gasteiger partial charge is 0.191 e. The maximum Gasteiger partial charge on any atom is 0.191 e. The van der Waals surface area contributed by atoms with Gasteiger partial charge in [0.15, 0.2) is 5.96 Å². The Morgan fingerprint density at radius 1 is 1.25 bits per heavy atom. The molecule has 1 aromatic heterocycles. The Hall–Kier alpha value is -0.800. The second-order valence-corrected chi connectivity index (χ2v) is 5.72. The molecule has 0 radical (unpaired) electrons. The molecule has 0 spiro atoms. The van der Waals surface area contributed by atoms with Crippen LogP contribution < -0.4 is 10.6 Å². The number of aliphatic imine (C=N–C) groups is 1. The van der Waals surface area contributed by atoms with Gasteiger partial charge in [-0.25, -0.2) is 0 Å². The van der Waals surface area contributed by atoms with Crippen LogP contribution in [0.3, 0.4) is 0 Å². The Kier molecular flexibility index (Phi) is 11.9. The molecule has 2 heterocycles. The Balaban J connectivity index is 0.00000288. The average molecular weight is 450 g/mol. The third kappa shape index (κ3) is 8.89. The van der Waals surface area contributed by atoms with E-state index in [9.17, 15) is 0 Å². The SMILES string of the molecule is CCCN=C(NCCCN1CCOCC1)NCCc1ccco1.I. The van der Waals surface area contributed by atoms with E-state index in [1.165, 1.54) is 0 Å². The second-order valence-electron chi connectivity index (χ2n) is 5.72. The standard InChI is InChI=1S/C17H30N4O2.HI/c1-2-7-18-17(20-9-6-16-5-3-13-23-16)19-8-4-10-21-11-14-22-15-12-21;/h3,5,13H,2,4,6-12,14-15H2,1H3,(H2,18,19,20);1H. The van der Waals surface area contributed by atoms with Gasteiger partial charge in [-0.15, -0.1) is 24.0 Å². The van der Waals surface area contributed by atoms with E-state index in [-0.39, 0.29) is 24.0 Å². The van der Waals surface area contributed by atoms with Crippen LogP contribution in [0.15, 0.2) is 27.8 Å². The molecule has 0 aliphatic carbocycles. The molecule has 1 aliphatic rings. The summed E-state index contributed by atoms with van der Waals surface area (Å²) in [4.78, 5) is 7.03. The first kappa shape index (κ1) is 21.2. The fourth-order valence-corrected chi connectivity index (χ4v) is 2.49. The number of ether oxygens (including phenoxy) is 1. The first-order valence-electron chi connectivity index (χ1n) is 8.73. The van der Waals surface area contributed by atoms with Gasteiger partial charge in [0.2, 0.25) is 0 Å². The summed E-state index contributed by atoms with van der Waals surface area (Å²) in [6.45, 7) is 9.71. The summed E-state index contributed by atoms with van der Waals surface area (Å²) in [5.74, 6) is 1.90. The maximum atomic E-state index is 5.37. The fraction of sp³-hybridized carbons (Fsp3) is 0.706. The van der Waals surface area contributed by atoms with Gasteiger partial charge in [0.25, 0.3) is 0 Å². The minimum atomic E-state index is 0. The molecule has 2 N–H and O–H groups in total. The molecule has 7 heteroatoms. The average Bonchev–Trinajstić information content (AvgIpc) is 3.10. The lowest BCUT2D eigenvalue weighted by atomic mass is 10.3. The summed E-state index contributed by atoms with van der Waals surface area (Å²) < 4.78 is 10.7. The van der Waals surface area contributed by atoms with Crippen molar-refractivity contribution in [1.29, 1.82) is 0 Å². The van der Waals surface area contributed by atoms with Crippen molar-refractivity contribution in [2.45, 2.75) is 26.2 Å². The van der Waals surface area contributed by atoms with Gasteiger partial charge in [-0.05, 0) is 31.5 Å². The summed E-state index contributed by atoms with van der Waals surface area (Å²) in [5, 5.41) is 6.80. The van der Waals surface area contributed by atoms with Crippen molar-refractivity contribution in [3.63, 3.8) is 0 Å². The molecule has 1 saturated heterocycles. The molecule has 1 aliphatic heterocycles. The number of guanidine groups is 1. The van der Waals surface area contributed by atoms with Crippen LogP contribution in [-0.4, -0.2) is 63.3 Å². The van der Waals surface area contributed by atoms with Gasteiger partial charge in [0.05, 0.1) is 19.5 Å². The number of nitrogens with one attached hydrogen (secondary N) is 2. The van der Waals surface area contributed by atoms with Crippen LogP contribution in [0, 0.1) is 0 Å². The Morgan fingerprint density at radius 2 is 2.04 bits per heavy atom. The predicted molar refractivity (Wildman–Crippen MR) is 108 cm³/mol. The molecule has 0 saturated carbocycles. The molecule has 138 valence electrons. The highest BCUT2D eigenvalue weighted by molar-refractivity contribution is 14.0. The molecule has 0 bridgehead atoms. The predicted octanol–water partition coefficient (Wildman–Crippen LogP) is 2.11. The lowest BCUT2D eigenvalue weighted by molar-refractivity contribution is 0.0376. The van der Waals surface area contributed by atoms with Gasteiger partial charge in [-0.3, -0.25) is 9.89 Å². The Morgan fingerprint density at radius 3 is 2.75 bits per heavy atom. The number of furan rings is 1. The van der Waals surface area contributed by atoms with E-state index in [1.54, 1.807) is 6.26 Å². The van der Waals surface area contributed by atoms with Crippen LogP contribution in [0.2, 0.25) is 0 Å². The van der Waals surface area contributed by atoms with Crippen molar-refractivity contribution in [2.75, 3.05) is 52.5 Å². The highest BCUT2D eigenvalue weighted by Crippen LogP contribution is 1.99. The molecular weight excluding hydrogens is 419 g/mol. The minimum absolute atomic E-state index is 0. The molecule has 0 unspecified atom stereocenters. The molecule has 24 heavy (non-hydrogen) atoms. The number of nitrogens with zero attached hydrogens (tertiary/aromatic N) is 2. The van der Waals surface area contributed by atoms with Crippen LogP contribution in [0.1, 0.15) is 25.5 Å².